The number of benzene rings is 1. The van der Waals surface area contributed by atoms with Gasteiger partial charge < -0.3 is 14.8 Å². The van der Waals surface area contributed by atoms with E-state index in [2.05, 4.69) is 33.0 Å². The summed E-state index contributed by atoms with van der Waals surface area (Å²) in [7, 11) is 5.22. The zero-order valence-electron chi connectivity index (χ0n) is 14.2. The van der Waals surface area contributed by atoms with Crippen molar-refractivity contribution in [1.29, 1.82) is 0 Å². The van der Waals surface area contributed by atoms with E-state index in [4.69, 9.17) is 21.1 Å². The molecule has 0 aliphatic heterocycles. The molecular weight excluding hydrogens is 286 g/mol. The molecule has 1 rings (SSSR count). The maximum Gasteiger partial charge on any atom is 0.162 e. The van der Waals surface area contributed by atoms with E-state index in [1.165, 1.54) is 0 Å². The first-order valence-corrected chi connectivity index (χ1v) is 7.71. The number of hydrogen-bond acceptors (Lipinski definition) is 3. The summed E-state index contributed by atoms with van der Waals surface area (Å²) in [5, 5.41) is 4.07. The number of ether oxygens (including phenoxy) is 2. The lowest BCUT2D eigenvalue weighted by atomic mass is 9.77. The number of rotatable bonds is 6. The van der Waals surface area contributed by atoms with E-state index >= 15 is 0 Å². The van der Waals surface area contributed by atoms with Crippen LogP contribution in [0.2, 0.25) is 5.02 Å². The molecule has 1 aromatic carbocycles. The highest BCUT2D eigenvalue weighted by atomic mass is 35.5. The average molecular weight is 314 g/mol. The molecule has 4 heteroatoms. The Morgan fingerprint density at radius 1 is 1.14 bits per heavy atom. The predicted molar refractivity (Wildman–Crippen MR) is 89.6 cm³/mol. The summed E-state index contributed by atoms with van der Waals surface area (Å²) in [6, 6.07) is 3.98. The van der Waals surface area contributed by atoms with Gasteiger partial charge in [-0.1, -0.05) is 39.3 Å². The van der Waals surface area contributed by atoms with Crippen molar-refractivity contribution in [1.82, 2.24) is 5.32 Å². The Balaban J connectivity index is 3.11. The molecule has 0 aliphatic carbocycles. The van der Waals surface area contributed by atoms with Gasteiger partial charge in [0.1, 0.15) is 0 Å². The molecule has 0 saturated carbocycles. The van der Waals surface area contributed by atoms with Crippen LogP contribution in [0.25, 0.3) is 0 Å². The van der Waals surface area contributed by atoms with Crippen LogP contribution in [0.4, 0.5) is 0 Å². The third kappa shape index (κ3) is 4.52. The molecule has 120 valence electrons. The molecule has 1 aromatic rings. The van der Waals surface area contributed by atoms with E-state index in [9.17, 15) is 0 Å². The van der Waals surface area contributed by atoms with Crippen molar-refractivity contribution >= 4 is 11.6 Å². The largest absolute Gasteiger partial charge is 0.493 e. The maximum atomic E-state index is 6.43. The van der Waals surface area contributed by atoms with E-state index in [1.807, 2.05) is 19.2 Å². The SMILES string of the molecule is CNC(CC(C)C(C)(C)C)c1cc(OC)c(OC)cc1Cl. The fourth-order valence-electron chi connectivity index (χ4n) is 2.24. The summed E-state index contributed by atoms with van der Waals surface area (Å²) in [5.41, 5.74) is 1.31. The average Bonchev–Trinajstić information content (AvgIpc) is 2.43. The summed E-state index contributed by atoms with van der Waals surface area (Å²) in [6.45, 7) is 9.07. The van der Waals surface area contributed by atoms with E-state index in [0.29, 0.717) is 22.4 Å². The first kappa shape index (κ1) is 18.1. The van der Waals surface area contributed by atoms with Gasteiger partial charge in [-0.15, -0.1) is 0 Å². The van der Waals surface area contributed by atoms with Crippen molar-refractivity contribution in [3.05, 3.63) is 22.7 Å². The molecule has 0 bridgehead atoms. The second-order valence-electron chi connectivity index (χ2n) is 6.57. The molecule has 0 saturated heterocycles. The summed E-state index contributed by atoms with van der Waals surface area (Å²) in [5.74, 6) is 1.92. The van der Waals surface area contributed by atoms with Gasteiger partial charge in [-0.05, 0) is 36.4 Å². The van der Waals surface area contributed by atoms with Gasteiger partial charge in [-0.25, -0.2) is 0 Å². The maximum absolute atomic E-state index is 6.43. The molecule has 0 aliphatic rings. The number of hydrogen-bond donors (Lipinski definition) is 1. The normalized spacial score (nSPS) is 14.7. The topological polar surface area (TPSA) is 30.5 Å². The molecule has 2 atom stereocenters. The van der Waals surface area contributed by atoms with E-state index in [-0.39, 0.29) is 11.5 Å². The van der Waals surface area contributed by atoms with Crippen molar-refractivity contribution < 1.29 is 9.47 Å². The van der Waals surface area contributed by atoms with Crippen LogP contribution in [0.5, 0.6) is 11.5 Å². The molecular formula is C17H28ClNO2. The number of halogens is 1. The first-order valence-electron chi connectivity index (χ1n) is 7.33. The van der Waals surface area contributed by atoms with E-state index in [0.717, 1.165) is 12.0 Å². The summed E-state index contributed by atoms with van der Waals surface area (Å²) >= 11 is 6.43. The first-order chi connectivity index (χ1) is 9.74. The van der Waals surface area contributed by atoms with Gasteiger partial charge in [0, 0.05) is 17.1 Å². The molecule has 0 heterocycles. The smallest absolute Gasteiger partial charge is 0.162 e. The zero-order valence-corrected chi connectivity index (χ0v) is 15.0. The second kappa shape index (κ2) is 7.37. The quantitative estimate of drug-likeness (QED) is 0.826. The molecule has 1 N–H and O–H groups in total. The van der Waals surface area contributed by atoms with Crippen molar-refractivity contribution in [3.8, 4) is 11.5 Å². The van der Waals surface area contributed by atoms with Crippen molar-refractivity contribution in [3.63, 3.8) is 0 Å². The lowest BCUT2D eigenvalue weighted by Gasteiger charge is -2.31. The van der Waals surface area contributed by atoms with Gasteiger partial charge in [0.25, 0.3) is 0 Å². The highest BCUT2D eigenvalue weighted by Gasteiger charge is 2.25. The van der Waals surface area contributed by atoms with Gasteiger partial charge in [0.05, 0.1) is 14.2 Å². The van der Waals surface area contributed by atoms with Gasteiger partial charge in [0.2, 0.25) is 0 Å². The molecule has 0 radical (unpaired) electrons. The number of methoxy groups -OCH3 is 2. The van der Waals surface area contributed by atoms with Crippen LogP contribution in [-0.2, 0) is 0 Å². The lowest BCUT2D eigenvalue weighted by molar-refractivity contribution is 0.226. The van der Waals surface area contributed by atoms with Crippen LogP contribution >= 0.6 is 11.6 Å². The minimum Gasteiger partial charge on any atom is -0.493 e. The van der Waals surface area contributed by atoms with E-state index < -0.39 is 0 Å². The predicted octanol–water partition coefficient (Wildman–Crippen LogP) is 4.69. The minimum atomic E-state index is 0.187. The third-order valence-corrected chi connectivity index (χ3v) is 4.62. The Labute approximate surface area is 134 Å². The van der Waals surface area contributed by atoms with Crippen molar-refractivity contribution in [2.24, 2.45) is 11.3 Å². The summed E-state index contributed by atoms with van der Waals surface area (Å²) < 4.78 is 10.7. The molecule has 0 spiro atoms. The minimum absolute atomic E-state index is 0.187. The Morgan fingerprint density at radius 3 is 2.10 bits per heavy atom. The van der Waals surface area contributed by atoms with Crippen LogP contribution < -0.4 is 14.8 Å². The van der Waals surface area contributed by atoms with Gasteiger partial charge in [-0.3, -0.25) is 0 Å². The standard InChI is InChI=1S/C17H28ClNO2/c1-11(17(2,3)4)8-14(19-5)12-9-15(20-6)16(21-7)10-13(12)18/h9-11,14,19H,8H2,1-7H3. The van der Waals surface area contributed by atoms with Crippen LogP contribution in [0.3, 0.4) is 0 Å². The highest BCUT2D eigenvalue weighted by Crippen LogP contribution is 2.39. The Kier molecular flexibility index (Phi) is 6.36. The van der Waals surface area contributed by atoms with Crippen molar-refractivity contribution in [2.45, 2.75) is 40.2 Å². The Hall–Kier alpha value is -0.930. The van der Waals surface area contributed by atoms with Gasteiger partial charge in [0.15, 0.2) is 11.5 Å². The van der Waals surface area contributed by atoms with Crippen LogP contribution in [-0.4, -0.2) is 21.3 Å². The van der Waals surface area contributed by atoms with Gasteiger partial charge in [-0.2, -0.15) is 0 Å². The third-order valence-electron chi connectivity index (χ3n) is 4.29. The summed E-state index contributed by atoms with van der Waals surface area (Å²) in [6.07, 6.45) is 1.01. The molecule has 0 fully saturated rings. The van der Waals surface area contributed by atoms with E-state index in [1.54, 1.807) is 14.2 Å². The molecule has 2 unspecified atom stereocenters. The summed E-state index contributed by atoms with van der Waals surface area (Å²) in [4.78, 5) is 0. The fraction of sp³-hybridized carbons (Fsp3) is 0.647. The van der Waals surface area contributed by atoms with Gasteiger partial charge >= 0.3 is 0 Å². The molecule has 0 amide bonds. The molecule has 0 aromatic heterocycles. The Morgan fingerprint density at radius 2 is 1.67 bits per heavy atom. The van der Waals surface area contributed by atoms with Crippen LogP contribution in [0, 0.1) is 11.3 Å². The molecule has 3 nitrogen and oxygen atoms in total. The molecule has 21 heavy (non-hydrogen) atoms. The highest BCUT2D eigenvalue weighted by molar-refractivity contribution is 6.31. The number of nitrogens with one attached hydrogen (secondary N) is 1. The fourth-order valence-corrected chi connectivity index (χ4v) is 2.53. The zero-order chi connectivity index (χ0) is 16.2. The second-order valence-corrected chi connectivity index (χ2v) is 6.98. The Bertz CT molecular complexity index is 469. The monoisotopic (exact) mass is 313 g/mol. The van der Waals surface area contributed by atoms with Crippen LogP contribution in [0.15, 0.2) is 12.1 Å². The van der Waals surface area contributed by atoms with Crippen molar-refractivity contribution in [2.75, 3.05) is 21.3 Å². The van der Waals surface area contributed by atoms with Crippen LogP contribution in [0.1, 0.15) is 45.7 Å². The lowest BCUT2D eigenvalue weighted by Crippen LogP contribution is -2.25.